The Hall–Kier alpha value is -1.45. The lowest BCUT2D eigenvalue weighted by Crippen LogP contribution is -2.04. The van der Waals surface area contributed by atoms with Gasteiger partial charge < -0.3 is 5.11 Å². The molecule has 1 atom stereocenters. The molecule has 1 N–H and O–H groups in total. The molecule has 0 aliphatic rings. The molecule has 1 unspecified atom stereocenters. The Kier molecular flexibility index (Phi) is 3.71. The van der Waals surface area contributed by atoms with Crippen LogP contribution in [0, 0.1) is 0 Å². The van der Waals surface area contributed by atoms with Crippen molar-refractivity contribution >= 4 is 11.6 Å². The summed E-state index contributed by atoms with van der Waals surface area (Å²) in [5, 5.41) is 10.4. The molecule has 0 aliphatic heterocycles. The predicted molar refractivity (Wildman–Crippen MR) is 66.9 cm³/mol. The summed E-state index contributed by atoms with van der Waals surface area (Å²) in [5.74, 6) is 0. The van der Waals surface area contributed by atoms with Crippen LogP contribution in [0.2, 0.25) is 5.15 Å². The third-order valence-corrected chi connectivity index (χ3v) is 2.93. The van der Waals surface area contributed by atoms with E-state index in [1.165, 1.54) is 18.0 Å². The minimum absolute atomic E-state index is 0.236. The second-order valence-corrected chi connectivity index (χ2v) is 4.09. The van der Waals surface area contributed by atoms with Gasteiger partial charge in [-0.15, -0.1) is 0 Å². The highest BCUT2D eigenvalue weighted by molar-refractivity contribution is 6.30. The van der Waals surface area contributed by atoms with Crippen molar-refractivity contribution in [1.29, 1.82) is 0 Å². The fourth-order valence-corrected chi connectivity index (χ4v) is 1.82. The highest BCUT2D eigenvalue weighted by Gasteiger charge is 2.15. The van der Waals surface area contributed by atoms with E-state index in [0.717, 1.165) is 12.0 Å². The molecule has 17 heavy (non-hydrogen) atoms. The Balaban J connectivity index is 2.30. The molecule has 0 saturated carbocycles. The Morgan fingerprint density at radius 1 is 1.18 bits per heavy atom. The smallest absolute Gasteiger partial charge is 0.153 e. The minimum Gasteiger partial charge on any atom is -0.382 e. The average molecular weight is 249 g/mol. The molecule has 88 valence electrons. The van der Waals surface area contributed by atoms with Gasteiger partial charge in [-0.25, -0.2) is 4.98 Å². The monoisotopic (exact) mass is 248 g/mol. The lowest BCUT2D eigenvalue weighted by atomic mass is 10.0. The van der Waals surface area contributed by atoms with E-state index < -0.39 is 6.10 Å². The van der Waals surface area contributed by atoms with Crippen molar-refractivity contribution in [1.82, 2.24) is 9.97 Å². The van der Waals surface area contributed by atoms with Gasteiger partial charge in [0.05, 0.1) is 0 Å². The highest BCUT2D eigenvalue weighted by atomic mass is 35.5. The first-order valence-electron chi connectivity index (χ1n) is 5.45. The number of halogens is 1. The van der Waals surface area contributed by atoms with E-state index in [9.17, 15) is 5.11 Å². The van der Waals surface area contributed by atoms with Crippen molar-refractivity contribution in [2.24, 2.45) is 0 Å². The fraction of sp³-hybridized carbons (Fsp3) is 0.231. The van der Waals surface area contributed by atoms with E-state index >= 15 is 0 Å². The van der Waals surface area contributed by atoms with E-state index in [1.54, 1.807) is 0 Å². The van der Waals surface area contributed by atoms with Gasteiger partial charge in [-0.05, 0) is 17.5 Å². The molecular weight excluding hydrogens is 236 g/mol. The van der Waals surface area contributed by atoms with Crippen molar-refractivity contribution in [3.63, 3.8) is 0 Å². The van der Waals surface area contributed by atoms with Crippen LogP contribution in [0.1, 0.15) is 29.8 Å². The van der Waals surface area contributed by atoms with Crippen LogP contribution < -0.4 is 0 Å². The maximum absolute atomic E-state index is 10.1. The van der Waals surface area contributed by atoms with Crippen LogP contribution in [0.15, 0.2) is 36.7 Å². The molecule has 0 radical (unpaired) electrons. The first kappa shape index (κ1) is 12.0. The maximum Gasteiger partial charge on any atom is 0.153 e. The van der Waals surface area contributed by atoms with Crippen molar-refractivity contribution in [3.05, 3.63) is 58.6 Å². The zero-order valence-corrected chi connectivity index (χ0v) is 10.2. The number of aromatic nitrogens is 2. The molecule has 4 heteroatoms. The molecular formula is C13H13ClN2O. The van der Waals surface area contributed by atoms with E-state index in [0.29, 0.717) is 5.69 Å². The number of hydrogen-bond donors (Lipinski definition) is 1. The molecule has 0 amide bonds. The fourth-order valence-electron chi connectivity index (χ4n) is 1.61. The number of benzene rings is 1. The second-order valence-electron chi connectivity index (χ2n) is 3.73. The molecule has 1 aromatic heterocycles. The Bertz CT molecular complexity index is 499. The van der Waals surface area contributed by atoms with Gasteiger partial charge >= 0.3 is 0 Å². The van der Waals surface area contributed by atoms with Gasteiger partial charge in [0.1, 0.15) is 11.8 Å². The van der Waals surface area contributed by atoms with Gasteiger partial charge in [0.15, 0.2) is 5.15 Å². The number of aliphatic hydroxyl groups is 1. The van der Waals surface area contributed by atoms with E-state index in [-0.39, 0.29) is 5.15 Å². The Labute approximate surface area is 105 Å². The average Bonchev–Trinajstić information content (AvgIpc) is 2.39. The summed E-state index contributed by atoms with van der Waals surface area (Å²) in [6, 6.07) is 7.74. The molecule has 2 rings (SSSR count). The molecule has 0 spiro atoms. The molecule has 1 heterocycles. The molecule has 0 bridgehead atoms. The number of aliphatic hydroxyl groups excluding tert-OH is 1. The molecule has 0 aliphatic carbocycles. The quantitative estimate of drug-likeness (QED) is 0.909. The summed E-state index contributed by atoms with van der Waals surface area (Å²) in [7, 11) is 0. The third kappa shape index (κ3) is 2.62. The predicted octanol–water partition coefficient (Wildman–Crippen LogP) is 2.77. The first-order chi connectivity index (χ1) is 8.22. The SMILES string of the molecule is CCc1ccc(C(O)c2nccnc2Cl)cc1. The maximum atomic E-state index is 10.1. The van der Waals surface area contributed by atoms with Crippen molar-refractivity contribution in [3.8, 4) is 0 Å². The molecule has 1 aromatic carbocycles. The van der Waals surface area contributed by atoms with Crippen molar-refractivity contribution < 1.29 is 5.11 Å². The van der Waals surface area contributed by atoms with E-state index in [2.05, 4.69) is 16.9 Å². The first-order valence-corrected chi connectivity index (χ1v) is 5.83. The molecule has 3 nitrogen and oxygen atoms in total. The van der Waals surface area contributed by atoms with Crippen LogP contribution in [0.25, 0.3) is 0 Å². The minimum atomic E-state index is -0.831. The van der Waals surface area contributed by atoms with Gasteiger partial charge in [0.25, 0.3) is 0 Å². The number of rotatable bonds is 3. The van der Waals surface area contributed by atoms with E-state index in [1.807, 2.05) is 24.3 Å². The van der Waals surface area contributed by atoms with Gasteiger partial charge in [0, 0.05) is 12.4 Å². The van der Waals surface area contributed by atoms with Crippen molar-refractivity contribution in [2.45, 2.75) is 19.4 Å². The largest absolute Gasteiger partial charge is 0.382 e. The zero-order valence-electron chi connectivity index (χ0n) is 9.47. The third-order valence-electron chi connectivity index (χ3n) is 2.64. The summed E-state index contributed by atoms with van der Waals surface area (Å²) in [6.45, 7) is 2.09. The number of hydrogen-bond acceptors (Lipinski definition) is 3. The van der Waals surface area contributed by atoms with Crippen LogP contribution in [0.3, 0.4) is 0 Å². The van der Waals surface area contributed by atoms with Gasteiger partial charge in [-0.1, -0.05) is 42.8 Å². The Morgan fingerprint density at radius 2 is 1.82 bits per heavy atom. The summed E-state index contributed by atoms with van der Waals surface area (Å²) >= 11 is 5.89. The van der Waals surface area contributed by atoms with Crippen LogP contribution in [-0.4, -0.2) is 15.1 Å². The highest BCUT2D eigenvalue weighted by Crippen LogP contribution is 2.24. The second kappa shape index (κ2) is 5.25. The van der Waals surface area contributed by atoms with Gasteiger partial charge in [-0.3, -0.25) is 4.98 Å². The van der Waals surface area contributed by atoms with Gasteiger partial charge in [0.2, 0.25) is 0 Å². The van der Waals surface area contributed by atoms with Crippen LogP contribution >= 0.6 is 11.6 Å². The normalized spacial score (nSPS) is 12.4. The Morgan fingerprint density at radius 3 is 2.41 bits per heavy atom. The van der Waals surface area contributed by atoms with Gasteiger partial charge in [-0.2, -0.15) is 0 Å². The van der Waals surface area contributed by atoms with E-state index in [4.69, 9.17) is 11.6 Å². The lowest BCUT2D eigenvalue weighted by Gasteiger charge is -2.11. The van der Waals surface area contributed by atoms with Crippen LogP contribution in [0.5, 0.6) is 0 Å². The summed E-state index contributed by atoms with van der Waals surface area (Å²) in [5.41, 5.74) is 2.38. The number of nitrogens with zero attached hydrogens (tertiary/aromatic N) is 2. The standard InChI is InChI=1S/C13H13ClN2O/c1-2-9-3-5-10(6-4-9)12(17)11-13(14)16-8-7-15-11/h3-8,12,17H,2H2,1H3. The topological polar surface area (TPSA) is 46.0 Å². The van der Waals surface area contributed by atoms with Crippen LogP contribution in [0.4, 0.5) is 0 Å². The lowest BCUT2D eigenvalue weighted by molar-refractivity contribution is 0.215. The molecule has 0 fully saturated rings. The molecule has 2 aromatic rings. The molecule has 0 saturated heterocycles. The zero-order chi connectivity index (χ0) is 12.3. The van der Waals surface area contributed by atoms with Crippen molar-refractivity contribution in [2.75, 3.05) is 0 Å². The van der Waals surface area contributed by atoms with Crippen LogP contribution in [-0.2, 0) is 6.42 Å². The summed E-state index contributed by atoms with van der Waals surface area (Å²) in [4.78, 5) is 7.96. The number of aryl methyl sites for hydroxylation is 1. The summed E-state index contributed by atoms with van der Waals surface area (Å²) < 4.78 is 0. The summed E-state index contributed by atoms with van der Waals surface area (Å²) in [6.07, 6.45) is 3.16.